The van der Waals surface area contributed by atoms with Crippen LogP contribution in [0.5, 0.6) is 0 Å². The standard InChI is InChI=1S/C17H30N4S/c1-17(2,3)20-16(18-4)19-11-14-7-5-9-21(12-14)13-15-8-6-10-22-15/h6,8,10,14H,5,7,9,11-13H2,1-4H3,(H2,18,19,20). The Labute approximate surface area is 139 Å². The third kappa shape index (κ3) is 5.97. The summed E-state index contributed by atoms with van der Waals surface area (Å²) in [4.78, 5) is 8.38. The molecule has 4 nitrogen and oxygen atoms in total. The molecule has 1 fully saturated rings. The summed E-state index contributed by atoms with van der Waals surface area (Å²) in [6, 6.07) is 4.38. The molecule has 2 rings (SSSR count). The minimum atomic E-state index is 0.0413. The highest BCUT2D eigenvalue weighted by atomic mass is 32.1. The number of hydrogen-bond donors (Lipinski definition) is 2. The van der Waals surface area contributed by atoms with E-state index in [9.17, 15) is 0 Å². The van der Waals surface area contributed by atoms with Crippen LogP contribution in [0.15, 0.2) is 22.5 Å². The zero-order valence-corrected chi connectivity index (χ0v) is 15.2. The largest absolute Gasteiger partial charge is 0.356 e. The van der Waals surface area contributed by atoms with Crippen LogP contribution < -0.4 is 10.6 Å². The number of likely N-dealkylation sites (tertiary alicyclic amines) is 1. The van der Waals surface area contributed by atoms with Gasteiger partial charge in [0, 0.05) is 37.1 Å². The van der Waals surface area contributed by atoms with Gasteiger partial charge in [0.25, 0.3) is 0 Å². The first-order chi connectivity index (χ1) is 10.5. The second-order valence-corrected chi connectivity index (χ2v) is 8.18. The van der Waals surface area contributed by atoms with Crippen LogP contribution in [-0.4, -0.2) is 43.1 Å². The Morgan fingerprint density at radius 2 is 2.27 bits per heavy atom. The molecule has 22 heavy (non-hydrogen) atoms. The zero-order chi connectivity index (χ0) is 16.0. The number of rotatable bonds is 4. The van der Waals surface area contributed by atoms with E-state index in [1.807, 2.05) is 18.4 Å². The first-order valence-electron chi connectivity index (χ1n) is 8.20. The van der Waals surface area contributed by atoms with Gasteiger partial charge in [-0.25, -0.2) is 0 Å². The Morgan fingerprint density at radius 3 is 2.91 bits per heavy atom. The molecule has 0 amide bonds. The van der Waals surface area contributed by atoms with Crippen LogP contribution in [0.3, 0.4) is 0 Å². The topological polar surface area (TPSA) is 39.7 Å². The molecule has 2 heterocycles. The third-order valence-electron chi connectivity index (χ3n) is 3.84. The van der Waals surface area contributed by atoms with Gasteiger partial charge in [-0.3, -0.25) is 9.89 Å². The minimum absolute atomic E-state index is 0.0413. The van der Waals surface area contributed by atoms with Gasteiger partial charge in [0.2, 0.25) is 0 Å². The van der Waals surface area contributed by atoms with Gasteiger partial charge in [-0.2, -0.15) is 0 Å². The molecule has 0 aromatic carbocycles. The highest BCUT2D eigenvalue weighted by Crippen LogP contribution is 2.19. The Hall–Kier alpha value is -1.07. The number of nitrogens with zero attached hydrogens (tertiary/aromatic N) is 2. The maximum absolute atomic E-state index is 4.32. The summed E-state index contributed by atoms with van der Waals surface area (Å²) >= 11 is 1.86. The Morgan fingerprint density at radius 1 is 1.45 bits per heavy atom. The second-order valence-electron chi connectivity index (χ2n) is 7.15. The van der Waals surface area contributed by atoms with Gasteiger partial charge in [0.1, 0.15) is 0 Å². The molecular weight excluding hydrogens is 292 g/mol. The van der Waals surface area contributed by atoms with Crippen molar-refractivity contribution in [2.24, 2.45) is 10.9 Å². The molecule has 0 bridgehead atoms. The molecule has 0 saturated carbocycles. The van der Waals surface area contributed by atoms with Crippen LogP contribution in [0.4, 0.5) is 0 Å². The molecule has 0 spiro atoms. The molecule has 1 aliphatic rings. The summed E-state index contributed by atoms with van der Waals surface area (Å²) in [5.41, 5.74) is 0.0413. The van der Waals surface area contributed by atoms with Gasteiger partial charge in [0.15, 0.2) is 5.96 Å². The Bertz CT molecular complexity index is 462. The molecule has 1 aromatic heterocycles. The zero-order valence-electron chi connectivity index (χ0n) is 14.4. The van der Waals surface area contributed by atoms with Crippen molar-refractivity contribution in [1.82, 2.24) is 15.5 Å². The molecule has 1 aliphatic heterocycles. The van der Waals surface area contributed by atoms with Crippen molar-refractivity contribution in [2.75, 3.05) is 26.7 Å². The lowest BCUT2D eigenvalue weighted by Gasteiger charge is -2.33. The van der Waals surface area contributed by atoms with Gasteiger partial charge in [-0.1, -0.05) is 6.07 Å². The van der Waals surface area contributed by atoms with Crippen molar-refractivity contribution in [2.45, 2.75) is 45.7 Å². The third-order valence-corrected chi connectivity index (χ3v) is 4.70. The van der Waals surface area contributed by atoms with E-state index in [0.717, 1.165) is 19.0 Å². The molecular formula is C17H30N4S. The summed E-state index contributed by atoms with van der Waals surface area (Å²) in [7, 11) is 1.84. The average molecular weight is 323 g/mol. The average Bonchev–Trinajstić information content (AvgIpc) is 2.95. The first kappa shape index (κ1) is 17.3. The molecule has 0 radical (unpaired) electrons. The number of thiophene rings is 1. The fourth-order valence-electron chi connectivity index (χ4n) is 2.86. The van der Waals surface area contributed by atoms with Crippen LogP contribution in [-0.2, 0) is 6.54 Å². The lowest BCUT2D eigenvalue weighted by Crippen LogP contribution is -2.49. The van der Waals surface area contributed by atoms with Crippen molar-refractivity contribution in [1.29, 1.82) is 0 Å². The van der Waals surface area contributed by atoms with Crippen molar-refractivity contribution in [3.63, 3.8) is 0 Å². The lowest BCUT2D eigenvalue weighted by molar-refractivity contribution is 0.169. The number of guanidine groups is 1. The van der Waals surface area contributed by atoms with Gasteiger partial charge >= 0.3 is 0 Å². The number of hydrogen-bond acceptors (Lipinski definition) is 3. The molecule has 1 saturated heterocycles. The Kier molecular flexibility index (Phi) is 6.26. The van der Waals surface area contributed by atoms with E-state index >= 15 is 0 Å². The van der Waals surface area contributed by atoms with E-state index in [1.54, 1.807) is 0 Å². The summed E-state index contributed by atoms with van der Waals surface area (Å²) in [5, 5.41) is 9.08. The van der Waals surface area contributed by atoms with E-state index in [-0.39, 0.29) is 5.54 Å². The predicted octanol–water partition coefficient (Wildman–Crippen LogP) is 2.92. The lowest BCUT2D eigenvalue weighted by atomic mass is 9.98. The minimum Gasteiger partial charge on any atom is -0.356 e. The van der Waals surface area contributed by atoms with Gasteiger partial charge < -0.3 is 10.6 Å². The first-order valence-corrected chi connectivity index (χ1v) is 9.08. The summed E-state index contributed by atoms with van der Waals surface area (Å²) in [6.07, 6.45) is 2.60. The number of aliphatic imine (C=N–C) groups is 1. The highest BCUT2D eigenvalue weighted by Gasteiger charge is 2.21. The van der Waals surface area contributed by atoms with Gasteiger partial charge in [0.05, 0.1) is 0 Å². The predicted molar refractivity (Wildman–Crippen MR) is 96.6 cm³/mol. The van der Waals surface area contributed by atoms with Crippen LogP contribution >= 0.6 is 11.3 Å². The summed E-state index contributed by atoms with van der Waals surface area (Å²) < 4.78 is 0. The molecule has 124 valence electrons. The normalized spacial score (nSPS) is 20.9. The van der Waals surface area contributed by atoms with Crippen molar-refractivity contribution >= 4 is 17.3 Å². The van der Waals surface area contributed by atoms with Gasteiger partial charge in [-0.05, 0) is 57.5 Å². The number of piperidine rings is 1. The van der Waals surface area contributed by atoms with Crippen LogP contribution in [0.25, 0.3) is 0 Å². The fraction of sp³-hybridized carbons (Fsp3) is 0.706. The van der Waals surface area contributed by atoms with E-state index in [1.165, 1.54) is 30.8 Å². The van der Waals surface area contributed by atoms with Crippen molar-refractivity contribution < 1.29 is 0 Å². The number of nitrogens with one attached hydrogen (secondary N) is 2. The van der Waals surface area contributed by atoms with E-state index < -0.39 is 0 Å². The smallest absolute Gasteiger partial charge is 0.191 e. The van der Waals surface area contributed by atoms with Gasteiger partial charge in [-0.15, -0.1) is 11.3 Å². The molecule has 1 aromatic rings. The SMILES string of the molecule is CN=C(NCC1CCCN(Cc2cccs2)C1)NC(C)(C)C. The molecule has 1 unspecified atom stereocenters. The maximum atomic E-state index is 4.32. The van der Waals surface area contributed by atoms with Crippen molar-refractivity contribution in [3.05, 3.63) is 22.4 Å². The van der Waals surface area contributed by atoms with E-state index in [2.05, 4.69) is 58.8 Å². The second kappa shape index (κ2) is 7.97. The highest BCUT2D eigenvalue weighted by molar-refractivity contribution is 7.09. The van der Waals surface area contributed by atoms with Crippen LogP contribution in [0.2, 0.25) is 0 Å². The van der Waals surface area contributed by atoms with Crippen LogP contribution in [0, 0.1) is 5.92 Å². The molecule has 0 aliphatic carbocycles. The molecule has 5 heteroatoms. The maximum Gasteiger partial charge on any atom is 0.191 e. The fourth-order valence-corrected chi connectivity index (χ4v) is 3.61. The Balaban J connectivity index is 1.77. The monoisotopic (exact) mass is 322 g/mol. The van der Waals surface area contributed by atoms with E-state index in [4.69, 9.17) is 0 Å². The molecule has 1 atom stereocenters. The summed E-state index contributed by atoms with van der Waals surface area (Å²) in [5.74, 6) is 1.61. The quantitative estimate of drug-likeness (QED) is 0.661. The summed E-state index contributed by atoms with van der Waals surface area (Å²) in [6.45, 7) is 11.0. The van der Waals surface area contributed by atoms with Crippen LogP contribution in [0.1, 0.15) is 38.5 Å². The molecule has 2 N–H and O–H groups in total. The van der Waals surface area contributed by atoms with E-state index in [0.29, 0.717) is 5.92 Å². The van der Waals surface area contributed by atoms with Crippen molar-refractivity contribution in [3.8, 4) is 0 Å².